The molecule has 3 aliphatic rings. The molecule has 2 aliphatic carbocycles. The van der Waals surface area contributed by atoms with Crippen LogP contribution in [0.5, 0.6) is 17.2 Å². The summed E-state index contributed by atoms with van der Waals surface area (Å²) in [4.78, 5) is 52.0. The van der Waals surface area contributed by atoms with E-state index in [9.17, 15) is 44.7 Å². The van der Waals surface area contributed by atoms with Crippen LogP contribution in [0, 0.1) is 0 Å². The number of carbonyl (C=O) groups excluding carboxylic acids is 4. The fourth-order valence-electron chi connectivity index (χ4n) is 6.12. The lowest BCUT2D eigenvalue weighted by atomic mass is 9.72. The smallest absolute Gasteiger partial charge is 0.234 e. The molecular weight excluding hydrogens is 568 g/mol. The van der Waals surface area contributed by atoms with Gasteiger partial charge in [0.2, 0.25) is 11.7 Å². The summed E-state index contributed by atoms with van der Waals surface area (Å²) in [7, 11) is 1.31. The summed E-state index contributed by atoms with van der Waals surface area (Å²) in [6.07, 6.45) is -5.89. The Kier molecular flexibility index (Phi) is 8.02. The largest absolute Gasteiger partial charge is 0.507 e. The van der Waals surface area contributed by atoms with Gasteiger partial charge in [0.1, 0.15) is 35.6 Å². The van der Waals surface area contributed by atoms with Crippen molar-refractivity contribution < 1.29 is 58.9 Å². The molecule has 14 heteroatoms. The lowest BCUT2D eigenvalue weighted by Crippen LogP contribution is -2.56. The Bertz CT molecular complexity index is 1520. The topological polar surface area (TPSA) is 235 Å². The highest BCUT2D eigenvalue weighted by atomic mass is 16.7. The summed E-state index contributed by atoms with van der Waals surface area (Å²) in [5, 5.41) is 57.0. The van der Waals surface area contributed by atoms with Gasteiger partial charge in [0.25, 0.3) is 0 Å². The molecule has 2 aromatic carbocycles. The first kappa shape index (κ1) is 30.5. The SMILES string of the molecule is COc1cccc2c1C(=O)c1c(O)c3c(c(O)c1C2=O)CC(O)(C(=O)CO)CC3OC1CC(NC(=O)CN)C(O)C(C)O1. The number of nitrogens with one attached hydrogen (secondary N) is 1. The summed E-state index contributed by atoms with van der Waals surface area (Å²) in [6.45, 7) is 0.128. The number of ether oxygens (including phenoxy) is 3. The average molecular weight is 601 g/mol. The summed E-state index contributed by atoms with van der Waals surface area (Å²) in [5.41, 5.74) is 1.46. The van der Waals surface area contributed by atoms with E-state index >= 15 is 0 Å². The van der Waals surface area contributed by atoms with E-state index in [4.69, 9.17) is 19.9 Å². The summed E-state index contributed by atoms with van der Waals surface area (Å²) < 4.78 is 17.1. The molecule has 0 aromatic heterocycles. The van der Waals surface area contributed by atoms with Crippen LogP contribution in [0.2, 0.25) is 0 Å². The van der Waals surface area contributed by atoms with Gasteiger partial charge in [0, 0.05) is 36.0 Å². The fourth-order valence-corrected chi connectivity index (χ4v) is 6.12. The molecule has 1 aliphatic heterocycles. The second-order valence-electron chi connectivity index (χ2n) is 10.9. The Morgan fingerprint density at radius 2 is 1.84 bits per heavy atom. The highest BCUT2D eigenvalue weighted by Gasteiger charge is 2.50. The third-order valence-corrected chi connectivity index (χ3v) is 8.29. The number of aliphatic hydroxyl groups excluding tert-OH is 2. The van der Waals surface area contributed by atoms with Gasteiger partial charge in [-0.05, 0) is 13.0 Å². The van der Waals surface area contributed by atoms with E-state index in [0.29, 0.717) is 0 Å². The maximum Gasteiger partial charge on any atom is 0.234 e. The van der Waals surface area contributed by atoms with Gasteiger partial charge >= 0.3 is 0 Å². The van der Waals surface area contributed by atoms with E-state index in [0.717, 1.165) is 0 Å². The zero-order valence-corrected chi connectivity index (χ0v) is 23.3. The summed E-state index contributed by atoms with van der Waals surface area (Å²) >= 11 is 0. The lowest BCUT2D eigenvalue weighted by Gasteiger charge is -2.42. The molecule has 1 amide bonds. The zero-order valence-electron chi connectivity index (χ0n) is 23.3. The number of Topliss-reactive ketones (excluding diaryl/α,β-unsaturated/α-hetero) is 1. The molecule has 1 saturated heterocycles. The van der Waals surface area contributed by atoms with E-state index < -0.39 is 102 Å². The van der Waals surface area contributed by atoms with Crippen LogP contribution in [0.4, 0.5) is 0 Å². The van der Waals surface area contributed by atoms with E-state index in [1.54, 1.807) is 0 Å². The van der Waals surface area contributed by atoms with Crippen molar-refractivity contribution in [1.29, 1.82) is 0 Å². The predicted molar refractivity (Wildman–Crippen MR) is 145 cm³/mol. The number of aliphatic hydroxyl groups is 3. The molecule has 1 heterocycles. The molecule has 14 nitrogen and oxygen atoms in total. The van der Waals surface area contributed by atoms with E-state index in [1.165, 1.54) is 32.2 Å². The van der Waals surface area contributed by atoms with Gasteiger partial charge in [-0.2, -0.15) is 0 Å². The number of phenols is 2. The van der Waals surface area contributed by atoms with Gasteiger partial charge in [0.05, 0.1) is 48.6 Å². The Morgan fingerprint density at radius 1 is 1.14 bits per heavy atom. The quantitative estimate of drug-likeness (QED) is 0.163. The molecule has 43 heavy (non-hydrogen) atoms. The molecule has 230 valence electrons. The monoisotopic (exact) mass is 600 g/mol. The standard InChI is InChI=1S/C29H32N2O12/c1-11-24(35)14(31-18(34)9-30)6-19(42-11)43-16-8-29(40,17(33)10-32)7-13-21(16)28(39)23-22(26(13)37)25(36)12-4-3-5-15(41-2)20(12)27(23)38/h3-5,11,14,16,19,24,32,35,37,39-40H,6-10,30H2,1-2H3,(H,31,34). The molecule has 6 unspecified atom stereocenters. The summed E-state index contributed by atoms with van der Waals surface area (Å²) in [5.74, 6) is -4.54. The summed E-state index contributed by atoms with van der Waals surface area (Å²) in [6, 6.07) is 3.45. The molecule has 5 rings (SSSR count). The molecular formula is C29H32N2O12. The van der Waals surface area contributed by atoms with Crippen molar-refractivity contribution in [1.82, 2.24) is 5.32 Å². The van der Waals surface area contributed by atoms with E-state index in [1.807, 2.05) is 0 Å². The second-order valence-corrected chi connectivity index (χ2v) is 10.9. The van der Waals surface area contributed by atoms with Crippen molar-refractivity contribution in [2.45, 2.75) is 62.4 Å². The molecule has 6 atom stereocenters. The Hall–Kier alpha value is -3.92. The number of nitrogens with two attached hydrogens (primary N) is 1. The molecule has 8 N–H and O–H groups in total. The number of ketones is 3. The Balaban J connectivity index is 1.63. The van der Waals surface area contributed by atoms with Crippen molar-refractivity contribution in [3.8, 4) is 17.2 Å². The number of amides is 1. The number of carbonyl (C=O) groups is 4. The van der Waals surface area contributed by atoms with E-state index in [-0.39, 0.29) is 41.0 Å². The maximum atomic E-state index is 13.7. The van der Waals surface area contributed by atoms with Crippen molar-refractivity contribution in [2.75, 3.05) is 20.3 Å². The number of rotatable bonds is 7. The first-order valence-corrected chi connectivity index (χ1v) is 13.6. The third kappa shape index (κ3) is 4.95. The van der Waals surface area contributed by atoms with Gasteiger partial charge in [-0.15, -0.1) is 0 Å². The highest BCUT2D eigenvalue weighted by molar-refractivity contribution is 6.31. The van der Waals surface area contributed by atoms with Crippen molar-refractivity contribution in [3.05, 3.63) is 51.6 Å². The van der Waals surface area contributed by atoms with Crippen LogP contribution in [0.3, 0.4) is 0 Å². The van der Waals surface area contributed by atoms with Gasteiger partial charge in [-0.3, -0.25) is 19.2 Å². The lowest BCUT2D eigenvalue weighted by molar-refractivity contribution is -0.249. The fraction of sp³-hybridized carbons (Fsp3) is 0.448. The average Bonchev–Trinajstić information content (AvgIpc) is 2.98. The van der Waals surface area contributed by atoms with Crippen LogP contribution >= 0.6 is 0 Å². The molecule has 2 aromatic rings. The van der Waals surface area contributed by atoms with Crippen LogP contribution in [-0.2, 0) is 25.5 Å². The van der Waals surface area contributed by atoms with Gasteiger partial charge in [-0.25, -0.2) is 0 Å². The number of hydrogen-bond donors (Lipinski definition) is 7. The minimum atomic E-state index is -2.31. The highest BCUT2D eigenvalue weighted by Crippen LogP contribution is 2.52. The number of benzene rings is 2. The first-order valence-electron chi connectivity index (χ1n) is 13.6. The zero-order chi connectivity index (χ0) is 31.4. The molecule has 0 saturated carbocycles. The Labute approximate surface area is 245 Å². The molecule has 0 bridgehead atoms. The molecule has 0 spiro atoms. The van der Waals surface area contributed by atoms with Crippen LogP contribution in [-0.4, -0.2) is 99.2 Å². The van der Waals surface area contributed by atoms with E-state index in [2.05, 4.69) is 5.32 Å². The Morgan fingerprint density at radius 3 is 2.49 bits per heavy atom. The number of hydrogen-bond acceptors (Lipinski definition) is 13. The van der Waals surface area contributed by atoms with Gasteiger partial charge in [-0.1, -0.05) is 12.1 Å². The van der Waals surface area contributed by atoms with Crippen molar-refractivity contribution in [3.63, 3.8) is 0 Å². The minimum absolute atomic E-state index is 0.0718. The van der Waals surface area contributed by atoms with Crippen molar-refractivity contribution >= 4 is 23.3 Å². The molecule has 0 radical (unpaired) electrons. The van der Waals surface area contributed by atoms with Crippen LogP contribution in [0.25, 0.3) is 0 Å². The van der Waals surface area contributed by atoms with Crippen LogP contribution < -0.4 is 15.8 Å². The van der Waals surface area contributed by atoms with Gasteiger partial charge < -0.3 is 50.8 Å². The first-order chi connectivity index (χ1) is 20.4. The van der Waals surface area contributed by atoms with Crippen LogP contribution in [0.15, 0.2) is 18.2 Å². The number of methoxy groups -OCH3 is 1. The maximum absolute atomic E-state index is 13.7. The van der Waals surface area contributed by atoms with Crippen LogP contribution in [0.1, 0.15) is 68.8 Å². The number of fused-ring (bicyclic) bond motifs is 3. The normalized spacial score (nSPS) is 28.0. The van der Waals surface area contributed by atoms with Crippen molar-refractivity contribution in [2.24, 2.45) is 5.73 Å². The van der Waals surface area contributed by atoms with Gasteiger partial charge in [0.15, 0.2) is 17.9 Å². The minimum Gasteiger partial charge on any atom is -0.507 e. The predicted octanol–water partition coefficient (Wildman–Crippen LogP) is -0.882. The second kappa shape index (κ2) is 11.3. The third-order valence-electron chi connectivity index (χ3n) is 8.29. The number of phenolic OH excluding ortho intramolecular Hbond substituents is 2. The molecule has 1 fully saturated rings. The number of aromatic hydroxyl groups is 2.